The van der Waals surface area contributed by atoms with Crippen molar-refractivity contribution in [1.29, 1.82) is 0 Å². The van der Waals surface area contributed by atoms with Crippen LogP contribution < -0.4 is 5.32 Å². The van der Waals surface area contributed by atoms with Crippen LogP contribution in [0.4, 0.5) is 0 Å². The number of piperidine rings is 1. The smallest absolute Gasteiger partial charge is 0.251 e. The topological polar surface area (TPSA) is 76.5 Å². The molecule has 2 aliphatic rings. The molecular weight excluding hydrogens is 392 g/mol. The highest BCUT2D eigenvalue weighted by atomic mass is 16.5. The number of rotatable bonds is 6. The molecule has 31 heavy (non-hydrogen) atoms. The van der Waals surface area contributed by atoms with Gasteiger partial charge in [-0.15, -0.1) is 0 Å². The first-order chi connectivity index (χ1) is 14.9. The predicted octanol–water partition coefficient (Wildman–Crippen LogP) is 3.19. The molecule has 0 bridgehead atoms. The van der Waals surface area contributed by atoms with E-state index in [1.807, 2.05) is 41.4 Å². The van der Waals surface area contributed by atoms with Crippen LogP contribution in [0.1, 0.15) is 56.3 Å². The number of nitrogens with zero attached hydrogens (tertiary/aromatic N) is 3. The fourth-order valence-corrected chi connectivity index (χ4v) is 4.57. The lowest BCUT2D eigenvalue weighted by molar-refractivity contribution is -0.138. The van der Waals surface area contributed by atoms with Gasteiger partial charge >= 0.3 is 0 Å². The molecule has 166 valence electrons. The zero-order chi connectivity index (χ0) is 21.8. The van der Waals surface area contributed by atoms with Gasteiger partial charge in [0.1, 0.15) is 0 Å². The summed E-state index contributed by atoms with van der Waals surface area (Å²) in [6.45, 7) is 6.20. The Kier molecular flexibility index (Phi) is 6.41. The molecule has 1 atom stereocenters. The summed E-state index contributed by atoms with van der Waals surface area (Å²) < 4.78 is 8.14. The first kappa shape index (κ1) is 21.6. The van der Waals surface area contributed by atoms with E-state index in [9.17, 15) is 9.59 Å². The average molecular weight is 425 g/mol. The van der Waals surface area contributed by atoms with Gasteiger partial charge in [-0.2, -0.15) is 5.10 Å². The monoisotopic (exact) mass is 424 g/mol. The van der Waals surface area contributed by atoms with E-state index in [-0.39, 0.29) is 23.5 Å². The van der Waals surface area contributed by atoms with Crippen molar-refractivity contribution in [3.8, 4) is 5.69 Å². The fourth-order valence-electron chi connectivity index (χ4n) is 4.57. The van der Waals surface area contributed by atoms with Gasteiger partial charge in [-0.25, -0.2) is 4.68 Å². The van der Waals surface area contributed by atoms with E-state index in [2.05, 4.69) is 24.3 Å². The molecule has 2 fully saturated rings. The Labute approximate surface area is 183 Å². The quantitative estimate of drug-likeness (QED) is 0.773. The SMILES string of the molecule is CC(C)CC(=O)N1CCC2(CC[C@H](CNC(=O)c3cccc(-n4cccn4)c3)O2)CC1. The largest absolute Gasteiger partial charge is 0.370 e. The Morgan fingerprint density at radius 2 is 2.03 bits per heavy atom. The Balaban J connectivity index is 1.26. The van der Waals surface area contributed by atoms with E-state index in [1.165, 1.54) is 0 Å². The molecule has 2 aliphatic heterocycles. The first-order valence-electron chi connectivity index (χ1n) is 11.3. The van der Waals surface area contributed by atoms with Crippen molar-refractivity contribution < 1.29 is 14.3 Å². The van der Waals surface area contributed by atoms with Gasteiger partial charge in [0.25, 0.3) is 5.91 Å². The number of amides is 2. The first-order valence-corrected chi connectivity index (χ1v) is 11.3. The third-order valence-electron chi connectivity index (χ3n) is 6.32. The summed E-state index contributed by atoms with van der Waals surface area (Å²) in [6.07, 6.45) is 7.90. The molecule has 3 heterocycles. The molecule has 1 aromatic carbocycles. The Morgan fingerprint density at radius 3 is 2.74 bits per heavy atom. The molecule has 1 spiro atoms. The highest BCUT2D eigenvalue weighted by Gasteiger charge is 2.43. The number of aromatic nitrogens is 2. The number of nitrogens with one attached hydrogen (secondary N) is 1. The van der Waals surface area contributed by atoms with Gasteiger partial charge in [-0.3, -0.25) is 9.59 Å². The molecule has 4 rings (SSSR count). The van der Waals surface area contributed by atoms with Crippen molar-refractivity contribution in [2.45, 2.75) is 57.7 Å². The maximum atomic E-state index is 12.7. The van der Waals surface area contributed by atoms with Crippen LogP contribution >= 0.6 is 0 Å². The molecule has 7 heteroatoms. The minimum atomic E-state index is -0.135. The zero-order valence-corrected chi connectivity index (χ0v) is 18.4. The predicted molar refractivity (Wildman–Crippen MR) is 118 cm³/mol. The lowest BCUT2D eigenvalue weighted by atomic mass is 9.88. The minimum Gasteiger partial charge on any atom is -0.370 e. The van der Waals surface area contributed by atoms with Crippen molar-refractivity contribution in [3.05, 3.63) is 48.3 Å². The maximum absolute atomic E-state index is 12.7. The Bertz CT molecular complexity index is 901. The van der Waals surface area contributed by atoms with Crippen LogP contribution in [0.3, 0.4) is 0 Å². The minimum absolute atomic E-state index is 0.0242. The van der Waals surface area contributed by atoms with Crippen molar-refractivity contribution in [2.75, 3.05) is 19.6 Å². The summed E-state index contributed by atoms with van der Waals surface area (Å²) in [4.78, 5) is 27.0. The van der Waals surface area contributed by atoms with Crippen LogP contribution in [-0.2, 0) is 9.53 Å². The van der Waals surface area contributed by atoms with E-state index >= 15 is 0 Å². The van der Waals surface area contributed by atoms with E-state index in [0.29, 0.717) is 24.4 Å². The average Bonchev–Trinajstić information content (AvgIpc) is 3.43. The molecule has 2 amide bonds. The van der Waals surface area contributed by atoms with Gasteiger partial charge in [-0.1, -0.05) is 19.9 Å². The second kappa shape index (κ2) is 9.22. The van der Waals surface area contributed by atoms with Crippen molar-refractivity contribution in [1.82, 2.24) is 20.0 Å². The molecule has 0 radical (unpaired) electrons. The number of hydrogen-bond acceptors (Lipinski definition) is 4. The molecule has 1 aromatic heterocycles. The zero-order valence-electron chi connectivity index (χ0n) is 18.4. The molecule has 0 saturated carbocycles. The van der Waals surface area contributed by atoms with Gasteiger partial charge in [0.15, 0.2) is 0 Å². The summed E-state index contributed by atoms with van der Waals surface area (Å²) in [5, 5.41) is 7.24. The normalized spacial score (nSPS) is 20.4. The van der Waals surface area contributed by atoms with Crippen LogP contribution in [-0.4, -0.2) is 57.8 Å². The second-order valence-electron chi connectivity index (χ2n) is 9.15. The molecule has 2 aromatic rings. The summed E-state index contributed by atoms with van der Waals surface area (Å²) in [5.41, 5.74) is 1.33. The molecule has 1 N–H and O–H groups in total. The van der Waals surface area contributed by atoms with Crippen LogP contribution in [0, 0.1) is 5.92 Å². The van der Waals surface area contributed by atoms with Crippen molar-refractivity contribution >= 4 is 11.8 Å². The summed E-state index contributed by atoms with van der Waals surface area (Å²) >= 11 is 0. The summed E-state index contributed by atoms with van der Waals surface area (Å²) in [7, 11) is 0. The van der Waals surface area contributed by atoms with Crippen LogP contribution in [0.25, 0.3) is 5.69 Å². The molecule has 2 saturated heterocycles. The molecule has 0 unspecified atom stereocenters. The van der Waals surface area contributed by atoms with Gasteiger partial charge < -0.3 is 15.0 Å². The third kappa shape index (κ3) is 5.15. The van der Waals surface area contributed by atoms with Crippen LogP contribution in [0.5, 0.6) is 0 Å². The lowest BCUT2D eigenvalue weighted by Gasteiger charge is -2.39. The number of carbonyl (C=O) groups is 2. The van der Waals surface area contributed by atoms with Gasteiger partial charge in [0.2, 0.25) is 5.91 Å². The lowest BCUT2D eigenvalue weighted by Crippen LogP contribution is -2.47. The number of hydrogen-bond donors (Lipinski definition) is 1. The molecular formula is C24H32N4O3. The van der Waals surface area contributed by atoms with Gasteiger partial charge in [0.05, 0.1) is 17.4 Å². The van der Waals surface area contributed by atoms with E-state index < -0.39 is 0 Å². The second-order valence-corrected chi connectivity index (χ2v) is 9.15. The maximum Gasteiger partial charge on any atom is 0.251 e. The number of ether oxygens (including phenoxy) is 1. The standard InChI is InChI=1S/C24H32N4O3/c1-18(2)15-22(29)27-13-9-24(10-14-27)8-7-21(31-24)17-25-23(30)19-5-3-6-20(16-19)28-12-4-11-26-28/h3-6,11-12,16,18,21H,7-10,13-15,17H2,1-2H3,(H,25,30)/t21-/m1/s1. The van der Waals surface area contributed by atoms with E-state index in [4.69, 9.17) is 4.74 Å². The molecule has 7 nitrogen and oxygen atoms in total. The van der Waals surface area contributed by atoms with Crippen molar-refractivity contribution in [3.63, 3.8) is 0 Å². The highest BCUT2D eigenvalue weighted by molar-refractivity contribution is 5.94. The number of carbonyl (C=O) groups excluding carboxylic acids is 2. The van der Waals surface area contributed by atoms with E-state index in [1.54, 1.807) is 10.9 Å². The summed E-state index contributed by atoms with van der Waals surface area (Å²) in [5.74, 6) is 0.538. The van der Waals surface area contributed by atoms with Crippen LogP contribution in [0.2, 0.25) is 0 Å². The van der Waals surface area contributed by atoms with Crippen molar-refractivity contribution in [2.24, 2.45) is 5.92 Å². The van der Waals surface area contributed by atoms with Gasteiger partial charge in [-0.05, 0) is 55.9 Å². The Morgan fingerprint density at radius 1 is 1.23 bits per heavy atom. The van der Waals surface area contributed by atoms with E-state index in [0.717, 1.165) is 44.5 Å². The number of benzene rings is 1. The fraction of sp³-hybridized carbons (Fsp3) is 0.542. The highest BCUT2D eigenvalue weighted by Crippen LogP contribution is 2.39. The number of likely N-dealkylation sites (tertiary alicyclic amines) is 1. The Hall–Kier alpha value is -2.67. The molecule has 0 aliphatic carbocycles. The summed E-state index contributed by atoms with van der Waals surface area (Å²) in [6, 6.07) is 9.28. The van der Waals surface area contributed by atoms with Gasteiger partial charge in [0, 0.05) is 44.0 Å². The third-order valence-corrected chi connectivity index (χ3v) is 6.32. The van der Waals surface area contributed by atoms with Crippen LogP contribution in [0.15, 0.2) is 42.7 Å².